The van der Waals surface area contributed by atoms with Gasteiger partial charge in [0.25, 0.3) is 5.91 Å². The molecule has 4 nitrogen and oxygen atoms in total. The zero-order chi connectivity index (χ0) is 15.2. The summed E-state index contributed by atoms with van der Waals surface area (Å²) in [6.07, 6.45) is 5.04. The van der Waals surface area contributed by atoms with Gasteiger partial charge in [-0.05, 0) is 37.9 Å². The fraction of sp³-hybridized carbons (Fsp3) is 0.588. The standard InChI is InChI=1S/C17H21ClN2O2/c18-12-4-1-2-6-15(12)22-17(8-9-17)16(21)19-13-7-11-20-10-3-5-14(13)20/h1-2,4,6,13-14H,3,5,7-11H2,(H,19,21). The fourth-order valence-electron chi connectivity index (χ4n) is 3.78. The van der Waals surface area contributed by atoms with E-state index in [0.717, 1.165) is 25.8 Å². The quantitative estimate of drug-likeness (QED) is 0.927. The van der Waals surface area contributed by atoms with Crippen LogP contribution >= 0.6 is 11.6 Å². The summed E-state index contributed by atoms with van der Waals surface area (Å²) in [7, 11) is 0. The van der Waals surface area contributed by atoms with Crippen molar-refractivity contribution in [3.8, 4) is 5.75 Å². The molecule has 1 aliphatic carbocycles. The van der Waals surface area contributed by atoms with Crippen LogP contribution in [0.2, 0.25) is 5.02 Å². The van der Waals surface area contributed by atoms with Gasteiger partial charge in [0, 0.05) is 31.5 Å². The lowest BCUT2D eigenvalue weighted by atomic mass is 10.1. The molecule has 0 aromatic heterocycles. The number of benzene rings is 1. The summed E-state index contributed by atoms with van der Waals surface area (Å²) in [5.41, 5.74) is -0.697. The Morgan fingerprint density at radius 1 is 1.27 bits per heavy atom. The lowest BCUT2D eigenvalue weighted by molar-refractivity contribution is -0.130. The maximum atomic E-state index is 12.7. The van der Waals surface area contributed by atoms with Crippen molar-refractivity contribution < 1.29 is 9.53 Å². The summed E-state index contributed by atoms with van der Waals surface area (Å²) in [5.74, 6) is 0.636. The molecule has 1 aromatic carbocycles. The smallest absolute Gasteiger partial charge is 0.264 e. The monoisotopic (exact) mass is 320 g/mol. The topological polar surface area (TPSA) is 41.6 Å². The summed E-state index contributed by atoms with van der Waals surface area (Å²) in [6, 6.07) is 8.16. The number of amides is 1. The van der Waals surface area contributed by atoms with Crippen LogP contribution in [0, 0.1) is 0 Å². The number of halogens is 1. The number of carbonyl (C=O) groups is 1. The van der Waals surface area contributed by atoms with E-state index in [1.54, 1.807) is 6.07 Å². The molecule has 2 saturated heterocycles. The first-order valence-electron chi connectivity index (χ1n) is 8.16. The largest absolute Gasteiger partial charge is 0.476 e. The second-order valence-corrected chi connectivity index (χ2v) is 7.05. The maximum absolute atomic E-state index is 12.7. The Balaban J connectivity index is 1.43. The van der Waals surface area contributed by atoms with Gasteiger partial charge in [0.05, 0.1) is 5.02 Å². The normalized spacial score (nSPS) is 29.1. The van der Waals surface area contributed by atoms with Gasteiger partial charge in [-0.25, -0.2) is 0 Å². The summed E-state index contributed by atoms with van der Waals surface area (Å²) < 4.78 is 5.97. The van der Waals surface area contributed by atoms with E-state index < -0.39 is 5.60 Å². The number of rotatable bonds is 4. The van der Waals surface area contributed by atoms with Crippen LogP contribution in [0.15, 0.2) is 24.3 Å². The molecule has 4 rings (SSSR count). The van der Waals surface area contributed by atoms with Gasteiger partial charge in [-0.1, -0.05) is 23.7 Å². The zero-order valence-corrected chi connectivity index (χ0v) is 13.3. The Morgan fingerprint density at radius 2 is 2.09 bits per heavy atom. The zero-order valence-electron chi connectivity index (χ0n) is 12.6. The molecule has 3 aliphatic rings. The number of ether oxygens (including phenoxy) is 1. The second-order valence-electron chi connectivity index (χ2n) is 6.64. The van der Waals surface area contributed by atoms with Gasteiger partial charge in [-0.3, -0.25) is 9.69 Å². The minimum Gasteiger partial charge on any atom is -0.476 e. The molecule has 0 bridgehead atoms. The molecular weight excluding hydrogens is 300 g/mol. The Kier molecular flexibility index (Phi) is 3.54. The van der Waals surface area contributed by atoms with Crippen molar-refractivity contribution >= 4 is 17.5 Å². The first-order chi connectivity index (χ1) is 10.7. The highest BCUT2D eigenvalue weighted by molar-refractivity contribution is 6.32. The van der Waals surface area contributed by atoms with E-state index in [2.05, 4.69) is 10.2 Å². The van der Waals surface area contributed by atoms with Crippen molar-refractivity contribution in [3.63, 3.8) is 0 Å². The van der Waals surface area contributed by atoms with E-state index in [-0.39, 0.29) is 11.9 Å². The van der Waals surface area contributed by atoms with Crippen LogP contribution in [0.25, 0.3) is 0 Å². The van der Waals surface area contributed by atoms with Crippen LogP contribution in [-0.2, 0) is 4.79 Å². The van der Waals surface area contributed by atoms with Crippen LogP contribution in [0.3, 0.4) is 0 Å². The lowest BCUT2D eigenvalue weighted by Crippen LogP contribution is -2.49. The van der Waals surface area contributed by atoms with E-state index in [0.29, 0.717) is 16.8 Å². The second kappa shape index (κ2) is 5.43. The van der Waals surface area contributed by atoms with Crippen molar-refractivity contribution in [2.75, 3.05) is 13.1 Å². The SMILES string of the molecule is O=C(NC1CCN2CCCC12)C1(Oc2ccccc2Cl)CC1. The van der Waals surface area contributed by atoms with Crippen molar-refractivity contribution in [2.45, 2.75) is 49.8 Å². The average molecular weight is 321 g/mol. The predicted molar refractivity (Wildman–Crippen MR) is 85.2 cm³/mol. The molecule has 2 atom stereocenters. The molecule has 3 fully saturated rings. The minimum absolute atomic E-state index is 0.0335. The molecule has 1 saturated carbocycles. The fourth-order valence-corrected chi connectivity index (χ4v) is 3.95. The highest BCUT2D eigenvalue weighted by atomic mass is 35.5. The van der Waals surface area contributed by atoms with Crippen LogP contribution in [0.5, 0.6) is 5.75 Å². The lowest BCUT2D eigenvalue weighted by Gasteiger charge is -2.25. The molecule has 2 unspecified atom stereocenters. The van der Waals surface area contributed by atoms with Gasteiger partial charge >= 0.3 is 0 Å². The van der Waals surface area contributed by atoms with Gasteiger partial charge < -0.3 is 10.1 Å². The average Bonchev–Trinajstić information content (AvgIpc) is 2.98. The molecule has 2 heterocycles. The number of hydrogen-bond acceptors (Lipinski definition) is 3. The summed E-state index contributed by atoms with van der Waals surface area (Å²) >= 11 is 6.14. The van der Waals surface area contributed by atoms with Crippen molar-refractivity contribution in [2.24, 2.45) is 0 Å². The minimum atomic E-state index is -0.697. The first-order valence-corrected chi connectivity index (χ1v) is 8.54. The molecule has 0 radical (unpaired) electrons. The molecule has 1 N–H and O–H groups in total. The van der Waals surface area contributed by atoms with E-state index in [9.17, 15) is 4.79 Å². The predicted octanol–water partition coefficient (Wildman–Crippen LogP) is 2.60. The van der Waals surface area contributed by atoms with Crippen molar-refractivity contribution in [3.05, 3.63) is 29.3 Å². The Hall–Kier alpha value is -1.26. The van der Waals surface area contributed by atoms with Crippen molar-refractivity contribution in [1.82, 2.24) is 10.2 Å². The molecule has 1 amide bonds. The Morgan fingerprint density at radius 3 is 2.86 bits per heavy atom. The summed E-state index contributed by atoms with van der Waals surface area (Å²) in [4.78, 5) is 15.2. The van der Waals surface area contributed by atoms with E-state index >= 15 is 0 Å². The van der Waals surface area contributed by atoms with Crippen LogP contribution in [0.1, 0.15) is 32.1 Å². The van der Waals surface area contributed by atoms with Crippen LogP contribution in [0.4, 0.5) is 0 Å². The van der Waals surface area contributed by atoms with Gasteiger partial charge in [0.1, 0.15) is 5.75 Å². The number of fused-ring (bicyclic) bond motifs is 1. The van der Waals surface area contributed by atoms with E-state index in [1.165, 1.54) is 19.4 Å². The molecule has 0 spiro atoms. The third-order valence-corrected chi connectivity index (χ3v) is 5.49. The Labute approximate surface area is 135 Å². The number of nitrogens with zero attached hydrogens (tertiary/aromatic N) is 1. The van der Waals surface area contributed by atoms with Crippen LogP contribution < -0.4 is 10.1 Å². The molecule has 22 heavy (non-hydrogen) atoms. The first kappa shape index (κ1) is 14.3. The summed E-state index contributed by atoms with van der Waals surface area (Å²) in [5, 5.41) is 3.80. The molecule has 1 aromatic rings. The number of nitrogens with one attached hydrogen (secondary N) is 1. The molecular formula is C17H21ClN2O2. The van der Waals surface area contributed by atoms with Crippen molar-refractivity contribution in [1.29, 1.82) is 0 Å². The number of hydrogen-bond donors (Lipinski definition) is 1. The van der Waals surface area contributed by atoms with Gasteiger partial charge in [0.15, 0.2) is 5.60 Å². The summed E-state index contributed by atoms with van der Waals surface area (Å²) in [6.45, 7) is 2.28. The van der Waals surface area contributed by atoms with Crippen LogP contribution in [-0.4, -0.2) is 41.6 Å². The van der Waals surface area contributed by atoms with Gasteiger partial charge in [-0.2, -0.15) is 0 Å². The molecule has 2 aliphatic heterocycles. The highest BCUT2D eigenvalue weighted by Gasteiger charge is 2.54. The Bertz CT molecular complexity index is 588. The maximum Gasteiger partial charge on any atom is 0.264 e. The third-order valence-electron chi connectivity index (χ3n) is 5.18. The highest BCUT2D eigenvalue weighted by Crippen LogP contribution is 2.42. The van der Waals surface area contributed by atoms with E-state index in [1.807, 2.05) is 18.2 Å². The van der Waals surface area contributed by atoms with Gasteiger partial charge in [0.2, 0.25) is 0 Å². The third kappa shape index (κ3) is 2.48. The number of carbonyl (C=O) groups excluding carboxylic acids is 1. The van der Waals surface area contributed by atoms with Gasteiger partial charge in [-0.15, -0.1) is 0 Å². The number of para-hydroxylation sites is 1. The molecule has 5 heteroatoms. The molecule has 118 valence electrons. The van der Waals surface area contributed by atoms with E-state index in [4.69, 9.17) is 16.3 Å².